The Bertz CT molecular complexity index is 1400. The van der Waals surface area contributed by atoms with E-state index in [1.807, 2.05) is 6.07 Å². The first kappa shape index (κ1) is 24.4. The summed E-state index contributed by atoms with van der Waals surface area (Å²) in [4.78, 5) is 12.3. The van der Waals surface area contributed by atoms with Gasteiger partial charge in [-0.25, -0.2) is 13.8 Å². The van der Waals surface area contributed by atoms with Gasteiger partial charge in [-0.15, -0.1) is 0 Å². The lowest BCUT2D eigenvalue weighted by Gasteiger charge is -2.21. The molecule has 0 bridgehead atoms. The standard InChI is InChI=1S/C26H22ClN3O4S/c27-22-13-11-20(12-14-22)18-30(35(32,33)25-9-5-2-6-10-25)19-24-16-15-23(34-24)17-28-29-26(31)21-7-3-1-4-8-21/h1-17H,18-19H2,(H,29,31)/b28-17-. The first-order valence-electron chi connectivity index (χ1n) is 10.7. The van der Waals surface area contributed by atoms with Gasteiger partial charge >= 0.3 is 0 Å². The third-order valence-electron chi connectivity index (χ3n) is 5.06. The minimum Gasteiger partial charge on any atom is -0.459 e. The third-order valence-corrected chi connectivity index (χ3v) is 7.12. The fourth-order valence-corrected chi connectivity index (χ4v) is 4.83. The summed E-state index contributed by atoms with van der Waals surface area (Å²) in [5, 5.41) is 4.49. The van der Waals surface area contributed by atoms with Crippen molar-refractivity contribution in [2.75, 3.05) is 0 Å². The quantitative estimate of drug-likeness (QED) is 0.252. The van der Waals surface area contributed by atoms with Gasteiger partial charge in [0.25, 0.3) is 5.91 Å². The van der Waals surface area contributed by atoms with Gasteiger partial charge in [0.05, 0.1) is 17.7 Å². The highest BCUT2D eigenvalue weighted by molar-refractivity contribution is 7.89. The highest BCUT2D eigenvalue weighted by atomic mass is 35.5. The summed E-state index contributed by atoms with van der Waals surface area (Å²) in [5.41, 5.74) is 3.70. The number of amides is 1. The molecule has 4 aromatic rings. The van der Waals surface area contributed by atoms with E-state index in [0.717, 1.165) is 5.56 Å². The third kappa shape index (κ3) is 6.45. The number of nitrogens with zero attached hydrogens (tertiary/aromatic N) is 2. The number of carbonyl (C=O) groups is 1. The van der Waals surface area contributed by atoms with E-state index in [2.05, 4.69) is 10.5 Å². The lowest BCUT2D eigenvalue weighted by Crippen LogP contribution is -2.30. The summed E-state index contributed by atoms with van der Waals surface area (Å²) >= 11 is 5.98. The van der Waals surface area contributed by atoms with E-state index in [9.17, 15) is 13.2 Å². The van der Waals surface area contributed by atoms with Crippen molar-refractivity contribution in [1.29, 1.82) is 0 Å². The van der Waals surface area contributed by atoms with Gasteiger partial charge in [-0.05, 0) is 54.1 Å². The van der Waals surface area contributed by atoms with Crippen LogP contribution in [-0.4, -0.2) is 24.8 Å². The number of halogens is 1. The number of furan rings is 1. The molecule has 0 spiro atoms. The minimum atomic E-state index is -3.81. The molecule has 1 aromatic heterocycles. The average Bonchev–Trinajstić information content (AvgIpc) is 3.33. The molecule has 0 saturated carbocycles. The predicted molar refractivity (Wildman–Crippen MR) is 135 cm³/mol. The van der Waals surface area contributed by atoms with Crippen molar-refractivity contribution in [3.8, 4) is 0 Å². The SMILES string of the molecule is O=C(N/N=C\c1ccc(CN(Cc2ccc(Cl)cc2)S(=O)(=O)c2ccccc2)o1)c1ccccc1. The van der Waals surface area contributed by atoms with E-state index in [0.29, 0.717) is 22.1 Å². The van der Waals surface area contributed by atoms with Gasteiger partial charge in [-0.2, -0.15) is 9.41 Å². The molecule has 0 atom stereocenters. The number of benzene rings is 3. The molecule has 1 amide bonds. The first-order chi connectivity index (χ1) is 16.9. The summed E-state index contributed by atoms with van der Waals surface area (Å²) in [5.74, 6) is 0.447. The summed E-state index contributed by atoms with van der Waals surface area (Å²) in [6.07, 6.45) is 1.36. The van der Waals surface area contributed by atoms with Crippen molar-refractivity contribution in [3.05, 3.63) is 125 Å². The largest absolute Gasteiger partial charge is 0.459 e. The number of nitrogens with one attached hydrogen (secondary N) is 1. The molecule has 9 heteroatoms. The molecule has 178 valence electrons. The van der Waals surface area contributed by atoms with Crippen LogP contribution in [0.2, 0.25) is 5.02 Å². The Morgan fingerprint density at radius 2 is 1.54 bits per heavy atom. The lowest BCUT2D eigenvalue weighted by atomic mass is 10.2. The van der Waals surface area contributed by atoms with Crippen LogP contribution in [-0.2, 0) is 23.1 Å². The van der Waals surface area contributed by atoms with Crippen LogP contribution in [0.3, 0.4) is 0 Å². The van der Waals surface area contributed by atoms with E-state index in [1.54, 1.807) is 91.0 Å². The van der Waals surface area contributed by atoms with E-state index in [-0.39, 0.29) is 23.9 Å². The van der Waals surface area contributed by atoms with E-state index < -0.39 is 10.0 Å². The second kappa shape index (κ2) is 11.1. The number of hydrogen-bond donors (Lipinski definition) is 1. The average molecular weight is 508 g/mol. The molecule has 1 heterocycles. The fourth-order valence-electron chi connectivity index (χ4n) is 3.29. The number of carbonyl (C=O) groups excluding carboxylic acids is 1. The highest BCUT2D eigenvalue weighted by Gasteiger charge is 2.26. The molecule has 0 saturated heterocycles. The van der Waals surface area contributed by atoms with Crippen LogP contribution in [0.5, 0.6) is 0 Å². The molecule has 4 rings (SSSR count). The van der Waals surface area contributed by atoms with Crippen LogP contribution in [0.1, 0.15) is 27.4 Å². The molecule has 3 aromatic carbocycles. The van der Waals surface area contributed by atoms with Gasteiger partial charge in [-0.3, -0.25) is 4.79 Å². The number of hydrazone groups is 1. The van der Waals surface area contributed by atoms with Crippen LogP contribution in [0.25, 0.3) is 0 Å². The van der Waals surface area contributed by atoms with Crippen molar-refractivity contribution in [3.63, 3.8) is 0 Å². The first-order valence-corrected chi connectivity index (χ1v) is 12.5. The van der Waals surface area contributed by atoms with E-state index in [4.69, 9.17) is 16.0 Å². The molecule has 0 aliphatic carbocycles. The van der Waals surface area contributed by atoms with Gasteiger partial charge in [0, 0.05) is 17.1 Å². The summed E-state index contributed by atoms with van der Waals surface area (Å²) in [7, 11) is -3.81. The topological polar surface area (TPSA) is 92.0 Å². The molecule has 0 unspecified atom stereocenters. The smallest absolute Gasteiger partial charge is 0.271 e. The Labute approximate surface area is 208 Å². The highest BCUT2D eigenvalue weighted by Crippen LogP contribution is 2.22. The Hall–Kier alpha value is -3.72. The van der Waals surface area contributed by atoms with Crippen LogP contribution in [0.4, 0.5) is 0 Å². The van der Waals surface area contributed by atoms with Crippen LogP contribution in [0, 0.1) is 0 Å². The molecular weight excluding hydrogens is 486 g/mol. The predicted octanol–water partition coefficient (Wildman–Crippen LogP) is 5.09. The molecule has 35 heavy (non-hydrogen) atoms. The molecule has 1 N–H and O–H groups in total. The second-order valence-electron chi connectivity index (χ2n) is 7.58. The van der Waals surface area contributed by atoms with E-state index in [1.165, 1.54) is 10.5 Å². The van der Waals surface area contributed by atoms with Gasteiger partial charge < -0.3 is 4.42 Å². The van der Waals surface area contributed by atoms with E-state index >= 15 is 0 Å². The summed E-state index contributed by atoms with van der Waals surface area (Å²) < 4.78 is 33.9. The van der Waals surface area contributed by atoms with Crippen LogP contribution in [0.15, 0.2) is 111 Å². The molecule has 0 aliphatic heterocycles. The monoisotopic (exact) mass is 507 g/mol. The summed E-state index contributed by atoms with van der Waals surface area (Å²) in [6.45, 7) is 0.135. The van der Waals surface area contributed by atoms with Crippen molar-refractivity contribution >= 4 is 33.7 Å². The van der Waals surface area contributed by atoms with Crippen LogP contribution >= 0.6 is 11.6 Å². The summed E-state index contributed by atoms with van der Waals surface area (Å²) in [6, 6.07) is 27.3. The zero-order valence-corrected chi connectivity index (χ0v) is 20.1. The fraction of sp³-hybridized carbons (Fsp3) is 0.0769. The Morgan fingerprint density at radius 1 is 0.886 bits per heavy atom. The van der Waals surface area contributed by atoms with Crippen molar-refractivity contribution in [2.45, 2.75) is 18.0 Å². The number of sulfonamides is 1. The van der Waals surface area contributed by atoms with Crippen molar-refractivity contribution in [1.82, 2.24) is 9.73 Å². The van der Waals surface area contributed by atoms with Gasteiger partial charge in [0.1, 0.15) is 11.5 Å². The van der Waals surface area contributed by atoms with Crippen LogP contribution < -0.4 is 5.43 Å². The maximum Gasteiger partial charge on any atom is 0.271 e. The Balaban J connectivity index is 1.50. The maximum absolute atomic E-state index is 13.4. The van der Waals surface area contributed by atoms with Crippen molar-refractivity contribution < 1.29 is 17.6 Å². The number of hydrogen-bond acceptors (Lipinski definition) is 5. The Morgan fingerprint density at radius 3 is 2.23 bits per heavy atom. The molecular formula is C26H22ClN3O4S. The zero-order valence-electron chi connectivity index (χ0n) is 18.5. The van der Waals surface area contributed by atoms with Gasteiger partial charge in [-0.1, -0.05) is 60.1 Å². The molecule has 0 radical (unpaired) electrons. The molecule has 7 nitrogen and oxygen atoms in total. The molecule has 0 aliphatic rings. The maximum atomic E-state index is 13.4. The van der Waals surface area contributed by atoms with Crippen molar-refractivity contribution in [2.24, 2.45) is 5.10 Å². The normalized spacial score (nSPS) is 11.7. The lowest BCUT2D eigenvalue weighted by molar-refractivity contribution is 0.0955. The minimum absolute atomic E-state index is 0.00404. The number of rotatable bonds is 9. The molecule has 0 fully saturated rings. The zero-order chi connectivity index (χ0) is 24.7. The Kier molecular flexibility index (Phi) is 7.77. The second-order valence-corrected chi connectivity index (χ2v) is 9.96. The van der Waals surface area contributed by atoms with Gasteiger partial charge in [0.15, 0.2) is 0 Å². The van der Waals surface area contributed by atoms with Gasteiger partial charge in [0.2, 0.25) is 10.0 Å².